The van der Waals surface area contributed by atoms with Gasteiger partial charge in [0.1, 0.15) is 0 Å². The number of hydrogen-bond acceptors (Lipinski definition) is 5. The number of para-hydroxylation sites is 2. The number of rotatable bonds is 8. The highest BCUT2D eigenvalue weighted by Gasteiger charge is 2.17. The van der Waals surface area contributed by atoms with E-state index in [9.17, 15) is 9.59 Å². The molecule has 0 bridgehead atoms. The van der Waals surface area contributed by atoms with E-state index >= 15 is 0 Å². The van der Waals surface area contributed by atoms with Crippen molar-refractivity contribution in [1.29, 1.82) is 0 Å². The maximum absolute atomic E-state index is 12.7. The van der Waals surface area contributed by atoms with Crippen molar-refractivity contribution in [3.63, 3.8) is 0 Å². The van der Waals surface area contributed by atoms with Crippen molar-refractivity contribution in [3.8, 4) is 5.69 Å². The summed E-state index contributed by atoms with van der Waals surface area (Å²) in [4.78, 5) is 25.3. The number of aryl methyl sites for hydroxylation is 3. The molecule has 4 rings (SSSR count). The lowest BCUT2D eigenvalue weighted by molar-refractivity contribution is -0.113. The van der Waals surface area contributed by atoms with Crippen molar-refractivity contribution < 1.29 is 9.59 Å². The third-order valence-electron chi connectivity index (χ3n) is 5.48. The predicted molar refractivity (Wildman–Crippen MR) is 139 cm³/mol. The first-order valence-corrected chi connectivity index (χ1v) is 12.2. The normalized spacial score (nSPS) is 10.7. The van der Waals surface area contributed by atoms with Gasteiger partial charge in [0.15, 0.2) is 11.0 Å². The van der Waals surface area contributed by atoms with Gasteiger partial charge in [0.05, 0.1) is 12.3 Å². The number of amides is 2. The Morgan fingerprint density at radius 3 is 2.31 bits per heavy atom. The second-order valence-corrected chi connectivity index (χ2v) is 9.17. The Kier molecular flexibility index (Phi) is 7.62. The molecule has 0 aliphatic rings. The minimum Gasteiger partial charge on any atom is -0.345 e. The lowest BCUT2D eigenvalue weighted by Gasteiger charge is -2.12. The van der Waals surface area contributed by atoms with E-state index in [0.717, 1.165) is 28.1 Å². The van der Waals surface area contributed by atoms with Gasteiger partial charge in [0.25, 0.3) is 5.91 Å². The Morgan fingerprint density at radius 1 is 0.886 bits per heavy atom. The van der Waals surface area contributed by atoms with Crippen LogP contribution in [-0.2, 0) is 11.3 Å². The van der Waals surface area contributed by atoms with Gasteiger partial charge >= 0.3 is 0 Å². The standard InChI is InChI=1S/C27H27N5O2S/c1-18-9-7-12-21(15-18)26(34)28-16-23-30-31-27(32(23)22-13-5-4-6-14-22)35-17-24(33)29-25-19(2)10-8-11-20(25)3/h4-15H,16-17H2,1-3H3,(H,28,34)(H,29,33). The molecule has 35 heavy (non-hydrogen) atoms. The first kappa shape index (κ1) is 24.2. The number of hydrogen-bond donors (Lipinski definition) is 2. The van der Waals surface area contributed by atoms with Crippen LogP contribution < -0.4 is 10.6 Å². The molecule has 0 saturated heterocycles. The first-order valence-electron chi connectivity index (χ1n) is 11.3. The molecule has 2 amide bonds. The molecule has 0 unspecified atom stereocenters. The van der Waals surface area contributed by atoms with E-state index < -0.39 is 0 Å². The number of benzene rings is 3. The van der Waals surface area contributed by atoms with E-state index in [0.29, 0.717) is 16.5 Å². The largest absolute Gasteiger partial charge is 0.345 e. The number of nitrogens with zero attached hydrogens (tertiary/aromatic N) is 3. The molecule has 1 heterocycles. The van der Waals surface area contributed by atoms with Crippen molar-refractivity contribution in [2.75, 3.05) is 11.1 Å². The highest BCUT2D eigenvalue weighted by atomic mass is 32.2. The monoisotopic (exact) mass is 485 g/mol. The highest BCUT2D eigenvalue weighted by molar-refractivity contribution is 7.99. The fourth-order valence-corrected chi connectivity index (χ4v) is 4.48. The summed E-state index contributed by atoms with van der Waals surface area (Å²) in [5.74, 6) is 0.451. The Labute approximate surface area is 209 Å². The molecule has 0 aliphatic heterocycles. The van der Waals surface area contributed by atoms with Crippen molar-refractivity contribution in [1.82, 2.24) is 20.1 Å². The minimum atomic E-state index is -0.182. The van der Waals surface area contributed by atoms with Crippen LogP contribution in [0.2, 0.25) is 0 Å². The Morgan fingerprint density at radius 2 is 1.60 bits per heavy atom. The summed E-state index contributed by atoms with van der Waals surface area (Å²) in [5.41, 5.74) is 5.33. The number of aromatic nitrogens is 3. The van der Waals surface area contributed by atoms with E-state index in [1.807, 2.05) is 92.1 Å². The molecule has 4 aromatic rings. The van der Waals surface area contributed by atoms with Crippen LogP contribution >= 0.6 is 11.8 Å². The Balaban J connectivity index is 1.49. The molecule has 0 aliphatic carbocycles. The second kappa shape index (κ2) is 11.0. The fourth-order valence-electron chi connectivity index (χ4n) is 3.71. The predicted octanol–water partition coefficient (Wildman–Crippen LogP) is 4.85. The first-order chi connectivity index (χ1) is 16.9. The van der Waals surface area contributed by atoms with Gasteiger partial charge < -0.3 is 10.6 Å². The third-order valence-corrected chi connectivity index (χ3v) is 6.41. The average molecular weight is 486 g/mol. The average Bonchev–Trinajstić information content (AvgIpc) is 3.27. The smallest absolute Gasteiger partial charge is 0.251 e. The molecular weight excluding hydrogens is 458 g/mol. The summed E-state index contributed by atoms with van der Waals surface area (Å²) >= 11 is 1.30. The van der Waals surface area contributed by atoms with Crippen LogP contribution in [0.4, 0.5) is 5.69 Å². The van der Waals surface area contributed by atoms with Crippen LogP contribution in [0.15, 0.2) is 78.0 Å². The third kappa shape index (κ3) is 5.96. The molecule has 2 N–H and O–H groups in total. The molecule has 0 radical (unpaired) electrons. The minimum absolute atomic E-state index is 0.121. The lowest BCUT2D eigenvalue weighted by Crippen LogP contribution is -2.24. The van der Waals surface area contributed by atoms with Gasteiger partial charge in [-0.25, -0.2) is 0 Å². The summed E-state index contributed by atoms with van der Waals surface area (Å²) < 4.78 is 1.87. The van der Waals surface area contributed by atoms with Gasteiger partial charge in [-0.15, -0.1) is 10.2 Å². The van der Waals surface area contributed by atoms with Crippen LogP contribution in [0, 0.1) is 20.8 Å². The van der Waals surface area contributed by atoms with Crippen LogP contribution in [0.1, 0.15) is 32.9 Å². The van der Waals surface area contributed by atoms with Crippen LogP contribution in [0.5, 0.6) is 0 Å². The van der Waals surface area contributed by atoms with E-state index in [2.05, 4.69) is 20.8 Å². The molecule has 0 atom stereocenters. The lowest BCUT2D eigenvalue weighted by atomic mass is 10.1. The van der Waals surface area contributed by atoms with Gasteiger partial charge in [-0.2, -0.15) is 0 Å². The molecule has 0 fully saturated rings. The number of nitrogens with one attached hydrogen (secondary N) is 2. The van der Waals surface area contributed by atoms with Gasteiger partial charge in [0, 0.05) is 16.9 Å². The maximum atomic E-state index is 12.7. The van der Waals surface area contributed by atoms with E-state index in [1.54, 1.807) is 6.07 Å². The molecule has 0 saturated carbocycles. The van der Waals surface area contributed by atoms with Crippen molar-refractivity contribution in [3.05, 3.63) is 101 Å². The zero-order chi connectivity index (χ0) is 24.8. The van der Waals surface area contributed by atoms with Crippen LogP contribution in [0.25, 0.3) is 5.69 Å². The van der Waals surface area contributed by atoms with Crippen molar-refractivity contribution >= 4 is 29.3 Å². The van der Waals surface area contributed by atoms with Crippen LogP contribution in [-0.4, -0.2) is 32.3 Å². The van der Waals surface area contributed by atoms with Crippen molar-refractivity contribution in [2.45, 2.75) is 32.5 Å². The molecule has 7 nitrogen and oxygen atoms in total. The van der Waals surface area contributed by atoms with Crippen molar-refractivity contribution in [2.24, 2.45) is 0 Å². The summed E-state index contributed by atoms with van der Waals surface area (Å²) in [7, 11) is 0. The molecule has 3 aromatic carbocycles. The maximum Gasteiger partial charge on any atom is 0.251 e. The Hall–Kier alpha value is -3.91. The summed E-state index contributed by atoms with van der Waals surface area (Å²) in [6.45, 7) is 6.09. The van der Waals surface area contributed by atoms with E-state index in [4.69, 9.17) is 0 Å². The van der Waals surface area contributed by atoms with Gasteiger partial charge in [-0.3, -0.25) is 14.2 Å². The van der Waals surface area contributed by atoms with Gasteiger partial charge in [-0.05, 0) is 56.2 Å². The summed E-state index contributed by atoms with van der Waals surface area (Å²) in [6, 6.07) is 23.0. The molecule has 178 valence electrons. The zero-order valence-electron chi connectivity index (χ0n) is 19.9. The van der Waals surface area contributed by atoms with E-state index in [1.165, 1.54) is 11.8 Å². The number of anilines is 1. The quantitative estimate of drug-likeness (QED) is 0.348. The zero-order valence-corrected chi connectivity index (χ0v) is 20.7. The summed E-state index contributed by atoms with van der Waals surface area (Å²) in [5, 5.41) is 15.1. The Bertz CT molecular complexity index is 1330. The number of carbonyl (C=O) groups is 2. The topological polar surface area (TPSA) is 88.9 Å². The molecular formula is C27H27N5O2S. The second-order valence-electron chi connectivity index (χ2n) is 8.23. The van der Waals surface area contributed by atoms with Gasteiger partial charge in [-0.1, -0.05) is 65.9 Å². The molecule has 8 heteroatoms. The fraction of sp³-hybridized carbons (Fsp3) is 0.185. The van der Waals surface area contributed by atoms with E-state index in [-0.39, 0.29) is 24.1 Å². The molecule has 0 spiro atoms. The van der Waals surface area contributed by atoms with Gasteiger partial charge in [0.2, 0.25) is 5.91 Å². The number of carbonyl (C=O) groups excluding carboxylic acids is 2. The summed E-state index contributed by atoms with van der Waals surface area (Å²) in [6.07, 6.45) is 0. The SMILES string of the molecule is Cc1cccc(C(=O)NCc2nnc(SCC(=O)Nc3c(C)cccc3C)n2-c2ccccc2)c1. The number of thioether (sulfide) groups is 1. The molecule has 1 aromatic heterocycles. The van der Waals surface area contributed by atoms with Crippen LogP contribution in [0.3, 0.4) is 0 Å². The highest BCUT2D eigenvalue weighted by Crippen LogP contribution is 2.24.